The van der Waals surface area contributed by atoms with E-state index < -0.39 is 6.03 Å². The van der Waals surface area contributed by atoms with Gasteiger partial charge in [-0.3, -0.25) is 16.2 Å². The van der Waals surface area contributed by atoms with Crippen molar-refractivity contribution < 1.29 is 14.3 Å². The Morgan fingerprint density at radius 3 is 3.00 bits per heavy atom. The number of rotatable bonds is 6. The second kappa shape index (κ2) is 10.2. The predicted molar refractivity (Wildman–Crippen MR) is 96.6 cm³/mol. The standard InChI is InChI=1S/C14H22IN5O3/c1-4-5-12(16)22-8-10-11(15)7-6-9(2)23-13(10)18-14(21)19-20-17-3/h4-5,7,9,16-17,20H,6,8H2,1-3H3,(H2,18,19,21)/b5-4-,16-12?. The molecular formula is C14H22IN5O3. The molecule has 8 nitrogen and oxygen atoms in total. The van der Waals surface area contributed by atoms with Crippen molar-refractivity contribution >= 4 is 34.5 Å². The van der Waals surface area contributed by atoms with E-state index in [2.05, 4.69) is 44.3 Å². The molecule has 0 aliphatic carbocycles. The molecule has 23 heavy (non-hydrogen) atoms. The molecule has 0 spiro atoms. The number of amides is 2. The normalized spacial score (nSPS) is 18.1. The maximum Gasteiger partial charge on any atom is 0.336 e. The lowest BCUT2D eigenvalue weighted by Crippen LogP contribution is -2.49. The van der Waals surface area contributed by atoms with Crippen LogP contribution in [0.1, 0.15) is 20.3 Å². The number of allylic oxidation sites excluding steroid dienone is 1. The van der Waals surface area contributed by atoms with E-state index in [4.69, 9.17) is 14.9 Å². The van der Waals surface area contributed by atoms with Crippen LogP contribution in [0.15, 0.2) is 33.3 Å². The molecule has 0 radical (unpaired) electrons. The van der Waals surface area contributed by atoms with Crippen molar-refractivity contribution in [2.24, 2.45) is 0 Å². The Morgan fingerprint density at radius 1 is 1.61 bits per heavy atom. The fourth-order valence-electron chi connectivity index (χ4n) is 1.66. The molecule has 1 unspecified atom stereocenters. The number of hydrazine groups is 2. The smallest absolute Gasteiger partial charge is 0.336 e. The van der Waals surface area contributed by atoms with Crippen LogP contribution in [0.4, 0.5) is 4.79 Å². The number of carbonyl (C=O) groups excluding carboxylic acids is 1. The molecule has 1 rings (SSSR count). The lowest BCUT2D eigenvalue weighted by atomic mass is 10.2. The van der Waals surface area contributed by atoms with Gasteiger partial charge in [-0.05, 0) is 42.5 Å². The zero-order valence-corrected chi connectivity index (χ0v) is 15.5. The van der Waals surface area contributed by atoms with Crippen molar-refractivity contribution in [1.29, 1.82) is 5.41 Å². The average Bonchev–Trinajstić information content (AvgIpc) is 2.63. The number of nitrogens with one attached hydrogen (secondary N) is 5. The van der Waals surface area contributed by atoms with E-state index in [0.29, 0.717) is 11.5 Å². The minimum absolute atomic E-state index is 0.0437. The third-order valence-electron chi connectivity index (χ3n) is 2.73. The van der Waals surface area contributed by atoms with Gasteiger partial charge in [0.1, 0.15) is 12.7 Å². The van der Waals surface area contributed by atoms with Crippen LogP contribution in [0.5, 0.6) is 0 Å². The Balaban J connectivity index is 2.91. The van der Waals surface area contributed by atoms with E-state index in [-0.39, 0.29) is 18.6 Å². The van der Waals surface area contributed by atoms with Crippen LogP contribution in [0.25, 0.3) is 0 Å². The first-order valence-corrected chi connectivity index (χ1v) is 8.14. The maximum absolute atomic E-state index is 11.8. The van der Waals surface area contributed by atoms with E-state index in [0.717, 1.165) is 10.0 Å². The van der Waals surface area contributed by atoms with Gasteiger partial charge < -0.3 is 9.47 Å². The third-order valence-corrected chi connectivity index (χ3v) is 3.82. The number of ether oxygens (including phenoxy) is 2. The zero-order chi connectivity index (χ0) is 17.2. The van der Waals surface area contributed by atoms with Gasteiger partial charge in [0.05, 0.1) is 5.57 Å². The summed E-state index contributed by atoms with van der Waals surface area (Å²) in [6.45, 7) is 3.85. The Hall–Kier alpha value is -1.59. The highest BCUT2D eigenvalue weighted by Gasteiger charge is 2.21. The van der Waals surface area contributed by atoms with Gasteiger partial charge in [0.25, 0.3) is 0 Å². The van der Waals surface area contributed by atoms with Gasteiger partial charge in [-0.1, -0.05) is 12.2 Å². The van der Waals surface area contributed by atoms with Gasteiger partial charge in [0.2, 0.25) is 11.8 Å². The first-order chi connectivity index (χ1) is 11.0. The Bertz CT molecular complexity index is 531. The molecule has 128 valence electrons. The van der Waals surface area contributed by atoms with Crippen LogP contribution in [-0.2, 0) is 9.47 Å². The van der Waals surface area contributed by atoms with Crippen LogP contribution in [0.3, 0.4) is 0 Å². The molecule has 0 aromatic rings. The van der Waals surface area contributed by atoms with Crippen LogP contribution >= 0.6 is 22.6 Å². The van der Waals surface area contributed by atoms with Crippen molar-refractivity contribution in [3.63, 3.8) is 0 Å². The largest absolute Gasteiger partial charge is 0.475 e. The van der Waals surface area contributed by atoms with Crippen molar-refractivity contribution in [3.05, 3.63) is 33.3 Å². The van der Waals surface area contributed by atoms with Crippen molar-refractivity contribution in [2.45, 2.75) is 26.4 Å². The monoisotopic (exact) mass is 435 g/mol. The molecule has 0 bridgehead atoms. The van der Waals surface area contributed by atoms with Gasteiger partial charge >= 0.3 is 6.03 Å². The van der Waals surface area contributed by atoms with Crippen LogP contribution in [-0.4, -0.2) is 31.7 Å². The highest BCUT2D eigenvalue weighted by Crippen LogP contribution is 2.27. The fraction of sp³-hybridized carbons (Fsp3) is 0.429. The third kappa shape index (κ3) is 7.01. The first-order valence-electron chi connectivity index (χ1n) is 7.06. The highest BCUT2D eigenvalue weighted by molar-refractivity contribution is 14.1. The van der Waals surface area contributed by atoms with Crippen molar-refractivity contribution in [3.8, 4) is 0 Å². The molecule has 0 aromatic carbocycles. The molecule has 1 heterocycles. The van der Waals surface area contributed by atoms with Gasteiger partial charge in [-0.15, -0.1) is 0 Å². The molecule has 1 aliphatic rings. The summed E-state index contributed by atoms with van der Waals surface area (Å²) in [5.74, 6) is 0.362. The molecule has 1 atom stereocenters. The number of hydrogen-bond donors (Lipinski definition) is 5. The molecular weight excluding hydrogens is 413 g/mol. The summed E-state index contributed by atoms with van der Waals surface area (Å²) < 4.78 is 12.1. The van der Waals surface area contributed by atoms with Gasteiger partial charge in [-0.25, -0.2) is 10.2 Å². The second-order valence-corrected chi connectivity index (χ2v) is 5.79. The summed E-state index contributed by atoms with van der Waals surface area (Å²) in [5, 5.41) is 10.3. The fourth-order valence-corrected chi connectivity index (χ4v) is 2.32. The zero-order valence-electron chi connectivity index (χ0n) is 13.3. The predicted octanol–water partition coefficient (Wildman–Crippen LogP) is 1.83. The van der Waals surface area contributed by atoms with Crippen LogP contribution in [0, 0.1) is 5.41 Å². The highest BCUT2D eigenvalue weighted by atomic mass is 127. The Labute approximate surface area is 149 Å². The summed E-state index contributed by atoms with van der Waals surface area (Å²) in [6.07, 6.45) is 5.92. The van der Waals surface area contributed by atoms with Crippen molar-refractivity contribution in [2.75, 3.05) is 13.7 Å². The summed E-state index contributed by atoms with van der Waals surface area (Å²) in [6, 6.07) is -0.478. The van der Waals surface area contributed by atoms with E-state index in [9.17, 15) is 4.79 Å². The minimum atomic E-state index is -0.478. The number of carbonyl (C=O) groups is 1. The molecule has 0 aromatic heterocycles. The van der Waals surface area contributed by atoms with Gasteiger partial charge in [0, 0.05) is 17.0 Å². The maximum atomic E-state index is 11.8. The summed E-state index contributed by atoms with van der Waals surface area (Å²) >= 11 is 2.17. The van der Waals surface area contributed by atoms with Crippen molar-refractivity contribution in [1.82, 2.24) is 21.7 Å². The number of hydrogen-bond acceptors (Lipinski definition) is 6. The molecule has 9 heteroatoms. The van der Waals surface area contributed by atoms with Crippen LogP contribution in [0.2, 0.25) is 0 Å². The van der Waals surface area contributed by atoms with E-state index >= 15 is 0 Å². The van der Waals surface area contributed by atoms with E-state index in [1.54, 1.807) is 19.2 Å². The Kier molecular flexibility index (Phi) is 8.66. The van der Waals surface area contributed by atoms with E-state index in [1.165, 1.54) is 0 Å². The van der Waals surface area contributed by atoms with Gasteiger partial charge in [-0.2, -0.15) is 5.53 Å². The first kappa shape index (κ1) is 19.5. The molecule has 0 fully saturated rings. The minimum Gasteiger partial charge on any atom is -0.475 e. The molecule has 0 saturated carbocycles. The SMILES string of the molecule is C/C=C\C(=N)OCC1=C(NC(=O)NNNC)OC(C)CC=C1I. The number of halogens is 1. The summed E-state index contributed by atoms with van der Waals surface area (Å²) in [7, 11) is 1.63. The lowest BCUT2D eigenvalue weighted by molar-refractivity contribution is 0.117. The Morgan fingerprint density at radius 2 is 2.35 bits per heavy atom. The summed E-state index contributed by atoms with van der Waals surface area (Å²) in [4.78, 5) is 11.8. The molecule has 1 aliphatic heterocycles. The van der Waals surface area contributed by atoms with Gasteiger partial charge in [0.15, 0.2) is 0 Å². The number of urea groups is 1. The average molecular weight is 435 g/mol. The molecule has 5 N–H and O–H groups in total. The molecule has 2 amide bonds. The summed E-state index contributed by atoms with van der Waals surface area (Å²) in [5.41, 5.74) is 8.13. The molecule has 0 saturated heterocycles. The van der Waals surface area contributed by atoms with Crippen LogP contribution < -0.4 is 21.7 Å². The quantitative estimate of drug-likeness (QED) is 0.190. The second-order valence-electron chi connectivity index (χ2n) is 4.63. The lowest BCUT2D eigenvalue weighted by Gasteiger charge is -2.18. The topological polar surface area (TPSA) is 108 Å². The van der Waals surface area contributed by atoms with E-state index in [1.807, 2.05) is 19.9 Å².